The Morgan fingerprint density at radius 1 is 1.10 bits per heavy atom. The lowest BCUT2D eigenvalue weighted by atomic mass is 10.0. The third-order valence-corrected chi connectivity index (χ3v) is 4.64. The molecular weight excluding hydrogens is 389 g/mol. The first-order valence-electron chi connectivity index (χ1n) is 9.79. The molecule has 0 aliphatic rings. The third-order valence-electron chi connectivity index (χ3n) is 4.64. The van der Waals surface area contributed by atoms with Crippen molar-refractivity contribution in [2.45, 2.75) is 0 Å². The molecule has 4 rings (SSSR count). The summed E-state index contributed by atoms with van der Waals surface area (Å²) in [5, 5.41) is 20.5. The van der Waals surface area contributed by atoms with E-state index in [2.05, 4.69) is 20.7 Å². The molecular formula is C23H20BN5O2. The average molecular weight is 409 g/mol. The largest absolute Gasteiger partial charge is 0.507 e. The molecule has 0 fully saturated rings. The number of aromatic hydroxyl groups is 1. The summed E-state index contributed by atoms with van der Waals surface area (Å²) in [5.74, 6) is 0.596. The molecule has 2 radical (unpaired) electrons. The lowest BCUT2D eigenvalue weighted by Crippen LogP contribution is -2.27. The Kier molecular flexibility index (Phi) is 5.98. The van der Waals surface area contributed by atoms with Gasteiger partial charge in [-0.2, -0.15) is 9.61 Å². The standard InChI is InChI=1S/C23H20BN5O2/c24-18-15-27-29-21(14-19(28-23(18)29)17-8-4-5-9-20(17)30)25-12-13-26-22(31)11-10-16-6-2-1-3-7-16/h1-11,14-15,25,30H,12-13H2,(H,26,31)/b11-10+. The quantitative estimate of drug-likeness (QED) is 0.247. The van der Waals surface area contributed by atoms with Crippen LogP contribution in [0.3, 0.4) is 0 Å². The fraction of sp³-hybridized carbons (Fsp3) is 0.0870. The zero-order chi connectivity index (χ0) is 21.6. The van der Waals surface area contributed by atoms with Gasteiger partial charge in [-0.3, -0.25) is 4.79 Å². The van der Waals surface area contributed by atoms with Crippen LogP contribution >= 0.6 is 0 Å². The number of nitrogens with zero attached hydrogens (tertiary/aromatic N) is 3. The molecule has 2 aromatic carbocycles. The van der Waals surface area contributed by atoms with E-state index in [-0.39, 0.29) is 11.7 Å². The summed E-state index contributed by atoms with van der Waals surface area (Å²) in [6.07, 6.45) is 4.79. The van der Waals surface area contributed by atoms with Gasteiger partial charge < -0.3 is 15.7 Å². The predicted octanol–water partition coefficient (Wildman–Crippen LogP) is 2.14. The first kappa shape index (κ1) is 20.2. The summed E-state index contributed by atoms with van der Waals surface area (Å²) in [5.41, 5.74) is 3.03. The molecule has 0 saturated heterocycles. The summed E-state index contributed by atoms with van der Waals surface area (Å²) in [7, 11) is 6.01. The molecule has 152 valence electrons. The molecule has 0 aliphatic carbocycles. The van der Waals surface area contributed by atoms with E-state index >= 15 is 0 Å². The van der Waals surface area contributed by atoms with Gasteiger partial charge >= 0.3 is 0 Å². The highest BCUT2D eigenvalue weighted by molar-refractivity contribution is 6.36. The Morgan fingerprint density at radius 3 is 2.68 bits per heavy atom. The number of aromatic nitrogens is 3. The topological polar surface area (TPSA) is 91.5 Å². The van der Waals surface area contributed by atoms with Crippen LogP contribution in [-0.2, 0) is 4.79 Å². The Bertz CT molecular complexity index is 1240. The minimum Gasteiger partial charge on any atom is -0.507 e. The van der Waals surface area contributed by atoms with E-state index in [0.717, 1.165) is 5.56 Å². The maximum atomic E-state index is 12.0. The molecule has 2 aromatic heterocycles. The highest BCUT2D eigenvalue weighted by Gasteiger charge is 2.12. The minimum absolute atomic E-state index is 0.126. The minimum atomic E-state index is -0.177. The normalized spacial score (nSPS) is 11.1. The number of rotatable bonds is 7. The van der Waals surface area contributed by atoms with Crippen LogP contribution in [0, 0.1) is 0 Å². The lowest BCUT2D eigenvalue weighted by Gasteiger charge is -2.12. The molecule has 3 N–H and O–H groups in total. The summed E-state index contributed by atoms with van der Waals surface area (Å²) in [6.45, 7) is 0.870. The Labute approximate surface area is 180 Å². The van der Waals surface area contributed by atoms with Crippen LogP contribution in [0.15, 0.2) is 72.9 Å². The van der Waals surface area contributed by atoms with Gasteiger partial charge in [0.15, 0.2) is 5.65 Å². The fourth-order valence-corrected chi connectivity index (χ4v) is 3.11. The van der Waals surface area contributed by atoms with Crippen LogP contribution in [0.2, 0.25) is 0 Å². The van der Waals surface area contributed by atoms with E-state index in [4.69, 9.17) is 7.85 Å². The van der Waals surface area contributed by atoms with E-state index in [1.54, 1.807) is 34.9 Å². The van der Waals surface area contributed by atoms with Gasteiger partial charge in [0.25, 0.3) is 0 Å². The van der Waals surface area contributed by atoms with Crippen molar-refractivity contribution >= 4 is 36.8 Å². The zero-order valence-electron chi connectivity index (χ0n) is 16.7. The van der Waals surface area contributed by atoms with Crippen LogP contribution in [0.5, 0.6) is 5.75 Å². The maximum Gasteiger partial charge on any atom is 0.244 e. The first-order valence-corrected chi connectivity index (χ1v) is 9.79. The van der Waals surface area contributed by atoms with Gasteiger partial charge in [0.1, 0.15) is 19.4 Å². The summed E-state index contributed by atoms with van der Waals surface area (Å²) >= 11 is 0. The lowest BCUT2D eigenvalue weighted by molar-refractivity contribution is -0.116. The average Bonchev–Trinajstić information content (AvgIpc) is 3.17. The third kappa shape index (κ3) is 4.75. The molecule has 7 nitrogen and oxygen atoms in total. The van der Waals surface area contributed by atoms with Crippen molar-refractivity contribution in [3.05, 3.63) is 78.5 Å². The van der Waals surface area contributed by atoms with E-state index in [0.29, 0.717) is 41.3 Å². The Hall–Kier alpha value is -4.07. The number of hydrogen-bond donors (Lipinski definition) is 3. The van der Waals surface area contributed by atoms with Crippen molar-refractivity contribution in [1.82, 2.24) is 19.9 Å². The number of para-hydroxylation sites is 1. The molecule has 1 amide bonds. The summed E-state index contributed by atoms with van der Waals surface area (Å²) < 4.78 is 1.59. The molecule has 0 spiro atoms. The van der Waals surface area contributed by atoms with Crippen molar-refractivity contribution in [2.24, 2.45) is 0 Å². The molecule has 31 heavy (non-hydrogen) atoms. The second-order valence-electron chi connectivity index (χ2n) is 6.84. The number of carbonyl (C=O) groups is 1. The molecule has 4 aromatic rings. The number of nitrogens with one attached hydrogen (secondary N) is 2. The summed E-state index contributed by atoms with van der Waals surface area (Å²) in [6, 6.07) is 18.4. The van der Waals surface area contributed by atoms with Gasteiger partial charge in [-0.25, -0.2) is 4.98 Å². The van der Waals surface area contributed by atoms with Crippen LogP contribution in [0.4, 0.5) is 5.82 Å². The molecule has 2 heterocycles. The molecule has 8 heteroatoms. The van der Waals surface area contributed by atoms with Crippen molar-refractivity contribution in [3.8, 4) is 17.0 Å². The number of benzene rings is 2. The number of fused-ring (bicyclic) bond motifs is 1. The smallest absolute Gasteiger partial charge is 0.244 e. The number of hydrogen-bond acceptors (Lipinski definition) is 5. The summed E-state index contributed by atoms with van der Waals surface area (Å²) in [4.78, 5) is 16.6. The molecule has 0 saturated carbocycles. The van der Waals surface area contributed by atoms with Gasteiger partial charge in [-0.15, -0.1) is 0 Å². The highest BCUT2D eigenvalue weighted by Crippen LogP contribution is 2.29. The number of carbonyl (C=O) groups excluding carboxylic acids is 1. The highest BCUT2D eigenvalue weighted by atomic mass is 16.3. The zero-order valence-corrected chi connectivity index (χ0v) is 16.7. The van der Waals surface area contributed by atoms with Crippen molar-refractivity contribution < 1.29 is 9.90 Å². The molecule has 0 aliphatic heterocycles. The van der Waals surface area contributed by atoms with E-state index < -0.39 is 0 Å². The van der Waals surface area contributed by atoms with Gasteiger partial charge in [0.05, 0.1) is 5.69 Å². The van der Waals surface area contributed by atoms with Crippen LogP contribution in [0.25, 0.3) is 23.0 Å². The van der Waals surface area contributed by atoms with E-state index in [1.807, 2.05) is 36.4 Å². The van der Waals surface area contributed by atoms with Crippen molar-refractivity contribution in [3.63, 3.8) is 0 Å². The number of amides is 1. The number of phenolic OH excluding ortho intramolecular Hbond substituents is 1. The van der Waals surface area contributed by atoms with Crippen LogP contribution < -0.4 is 16.1 Å². The van der Waals surface area contributed by atoms with E-state index in [1.165, 1.54) is 12.3 Å². The van der Waals surface area contributed by atoms with Crippen molar-refractivity contribution in [1.29, 1.82) is 0 Å². The fourth-order valence-electron chi connectivity index (χ4n) is 3.11. The Balaban J connectivity index is 1.44. The first-order chi connectivity index (χ1) is 15.1. The number of anilines is 1. The van der Waals surface area contributed by atoms with Crippen molar-refractivity contribution in [2.75, 3.05) is 18.4 Å². The van der Waals surface area contributed by atoms with Gasteiger partial charge in [0.2, 0.25) is 5.91 Å². The van der Waals surface area contributed by atoms with Gasteiger partial charge in [-0.05, 0) is 29.2 Å². The monoisotopic (exact) mass is 409 g/mol. The molecule has 0 bridgehead atoms. The van der Waals surface area contributed by atoms with Gasteiger partial charge in [-0.1, -0.05) is 42.5 Å². The number of phenols is 1. The second kappa shape index (κ2) is 9.17. The SMILES string of the molecule is [B]c1cnn2c(NCCNC(=O)/C=C/c3ccccc3)cc(-c3ccccc3O)nc12. The predicted molar refractivity (Wildman–Crippen MR) is 122 cm³/mol. The molecule has 0 atom stereocenters. The van der Waals surface area contributed by atoms with Crippen LogP contribution in [-0.4, -0.2) is 46.5 Å². The van der Waals surface area contributed by atoms with Gasteiger partial charge in [0, 0.05) is 37.0 Å². The molecule has 0 unspecified atom stereocenters. The second-order valence-corrected chi connectivity index (χ2v) is 6.84. The Morgan fingerprint density at radius 2 is 1.87 bits per heavy atom. The maximum absolute atomic E-state index is 12.0. The van der Waals surface area contributed by atoms with E-state index in [9.17, 15) is 9.90 Å². The van der Waals surface area contributed by atoms with Crippen LogP contribution in [0.1, 0.15) is 5.56 Å².